The van der Waals surface area contributed by atoms with Gasteiger partial charge in [0.15, 0.2) is 11.5 Å². The molecule has 0 aromatic heterocycles. The van der Waals surface area contributed by atoms with Crippen LogP contribution in [0.3, 0.4) is 0 Å². The number of esters is 1. The SMILES string of the molecule is CC1C/C=C/CC/C=C/C(=N)Cc2cc(OF)cc(OOF)c2C(=O)O1. The Balaban J connectivity index is 2.49. The van der Waals surface area contributed by atoms with E-state index < -0.39 is 17.8 Å². The van der Waals surface area contributed by atoms with Gasteiger partial charge in [0, 0.05) is 34.2 Å². The number of carbonyl (C=O) groups is 1. The third-order valence-corrected chi connectivity index (χ3v) is 3.71. The van der Waals surface area contributed by atoms with Gasteiger partial charge in [-0.15, -0.1) is 0 Å². The van der Waals surface area contributed by atoms with E-state index >= 15 is 0 Å². The predicted octanol–water partition coefficient (Wildman–Crippen LogP) is 4.55. The maximum absolute atomic E-state index is 12.6. The van der Waals surface area contributed by atoms with Crippen molar-refractivity contribution >= 4 is 11.7 Å². The molecule has 0 radical (unpaired) electrons. The Morgan fingerprint density at radius 1 is 1.19 bits per heavy atom. The maximum atomic E-state index is 12.6. The average molecular weight is 367 g/mol. The van der Waals surface area contributed by atoms with Crippen molar-refractivity contribution in [1.82, 2.24) is 0 Å². The molecular weight excluding hydrogens is 348 g/mol. The summed E-state index contributed by atoms with van der Waals surface area (Å²) in [5.74, 6) is -1.53. The van der Waals surface area contributed by atoms with Gasteiger partial charge in [-0.05, 0) is 42.0 Å². The van der Waals surface area contributed by atoms with Gasteiger partial charge in [-0.1, -0.05) is 18.2 Å². The molecule has 6 nitrogen and oxygen atoms in total. The molecule has 0 amide bonds. The second-order valence-electron chi connectivity index (χ2n) is 5.78. The van der Waals surface area contributed by atoms with E-state index in [4.69, 9.17) is 10.1 Å². The standard InChI is InChI=1S/C18H19F2NO5/c1-12-7-5-3-2-4-6-8-14(21)9-13-10-15(24-19)11-16(25-26-20)17(13)18(22)23-12/h3,5-6,8,10-12,21H,2,4,7,9H2,1H3/b5-3+,8-6+,21-14?. The minimum absolute atomic E-state index is 0.0367. The first kappa shape index (κ1) is 19.6. The van der Waals surface area contributed by atoms with Crippen molar-refractivity contribution in [3.8, 4) is 11.5 Å². The Bertz CT molecular complexity index is 718. The zero-order valence-corrected chi connectivity index (χ0v) is 14.2. The summed E-state index contributed by atoms with van der Waals surface area (Å²) in [6.07, 6.45) is 8.85. The minimum atomic E-state index is -0.799. The van der Waals surface area contributed by atoms with E-state index in [2.05, 4.69) is 14.9 Å². The van der Waals surface area contributed by atoms with E-state index in [9.17, 15) is 13.8 Å². The number of benzene rings is 1. The van der Waals surface area contributed by atoms with E-state index in [0.717, 1.165) is 18.9 Å². The largest absolute Gasteiger partial charge is 0.459 e. The molecule has 0 spiro atoms. The van der Waals surface area contributed by atoms with Gasteiger partial charge in [0.05, 0.1) is 0 Å². The quantitative estimate of drug-likeness (QED) is 0.367. The van der Waals surface area contributed by atoms with Crippen LogP contribution in [0, 0.1) is 5.41 Å². The molecule has 26 heavy (non-hydrogen) atoms. The number of allylic oxidation sites excluding steroid dienone is 3. The van der Waals surface area contributed by atoms with Crippen LogP contribution in [0.5, 0.6) is 11.5 Å². The molecule has 8 heteroatoms. The Hall–Kier alpha value is -2.74. The molecule has 0 saturated heterocycles. The lowest BCUT2D eigenvalue weighted by atomic mass is 9.99. The Kier molecular flexibility index (Phi) is 7.28. The number of ether oxygens (including phenoxy) is 1. The fourth-order valence-electron chi connectivity index (χ4n) is 2.54. The van der Waals surface area contributed by atoms with E-state index in [-0.39, 0.29) is 29.0 Å². The molecule has 0 fully saturated rings. The monoisotopic (exact) mass is 367 g/mol. The minimum Gasteiger partial charge on any atom is -0.459 e. The summed E-state index contributed by atoms with van der Waals surface area (Å²) in [7, 11) is 0. The maximum Gasteiger partial charge on any atom is 0.342 e. The first-order valence-electron chi connectivity index (χ1n) is 8.05. The van der Waals surface area contributed by atoms with Crippen molar-refractivity contribution in [2.75, 3.05) is 0 Å². The molecule has 140 valence electrons. The summed E-state index contributed by atoms with van der Waals surface area (Å²) in [5.41, 5.74) is 0.192. The Labute approximate surface area is 149 Å². The van der Waals surface area contributed by atoms with Crippen LogP contribution in [-0.2, 0) is 16.2 Å². The van der Waals surface area contributed by atoms with Crippen LogP contribution < -0.4 is 9.83 Å². The third kappa shape index (κ3) is 5.38. The second kappa shape index (κ2) is 9.67. The zero-order valence-electron chi connectivity index (χ0n) is 14.2. The first-order valence-corrected chi connectivity index (χ1v) is 8.05. The van der Waals surface area contributed by atoms with Crippen LogP contribution in [0.1, 0.15) is 42.1 Å². The lowest BCUT2D eigenvalue weighted by Gasteiger charge is -2.16. The van der Waals surface area contributed by atoms with Gasteiger partial charge in [0.25, 0.3) is 0 Å². The van der Waals surface area contributed by atoms with Crippen molar-refractivity contribution in [2.24, 2.45) is 0 Å². The van der Waals surface area contributed by atoms with Crippen LogP contribution in [0.15, 0.2) is 36.4 Å². The summed E-state index contributed by atoms with van der Waals surface area (Å²) < 4.78 is 30.2. The number of carbonyl (C=O) groups excluding carboxylic acids is 1. The molecule has 1 heterocycles. The van der Waals surface area contributed by atoms with Gasteiger partial charge in [-0.3, -0.25) is 4.94 Å². The van der Waals surface area contributed by atoms with Crippen molar-refractivity contribution in [1.29, 1.82) is 5.41 Å². The van der Waals surface area contributed by atoms with E-state index in [1.54, 1.807) is 13.0 Å². The molecule has 1 atom stereocenters. The average Bonchev–Trinajstić information content (AvgIpc) is 2.60. The highest BCUT2D eigenvalue weighted by Gasteiger charge is 2.24. The van der Waals surface area contributed by atoms with Gasteiger partial charge in [-0.2, -0.15) is 0 Å². The molecule has 0 saturated carbocycles. The Morgan fingerprint density at radius 3 is 2.69 bits per heavy atom. The van der Waals surface area contributed by atoms with E-state index in [0.29, 0.717) is 6.42 Å². The highest BCUT2D eigenvalue weighted by molar-refractivity contribution is 5.99. The molecule has 1 aliphatic rings. The summed E-state index contributed by atoms with van der Waals surface area (Å²) in [6, 6.07) is 2.17. The van der Waals surface area contributed by atoms with Crippen molar-refractivity contribution < 1.29 is 33.5 Å². The van der Waals surface area contributed by atoms with Crippen LogP contribution in [0.2, 0.25) is 0 Å². The normalized spacial score (nSPS) is 21.1. The Morgan fingerprint density at radius 2 is 1.96 bits per heavy atom. The number of hydrogen-bond donors (Lipinski definition) is 1. The first-order chi connectivity index (χ1) is 12.5. The molecule has 0 bridgehead atoms. The van der Waals surface area contributed by atoms with Crippen LogP contribution in [0.25, 0.3) is 0 Å². The molecular formula is C18H19F2NO5. The predicted molar refractivity (Wildman–Crippen MR) is 89.4 cm³/mol. The van der Waals surface area contributed by atoms with Gasteiger partial charge >= 0.3 is 5.97 Å². The molecule has 1 aromatic carbocycles. The summed E-state index contributed by atoms with van der Waals surface area (Å²) in [5, 5.41) is 11.2. The molecule has 0 aliphatic carbocycles. The number of fused-ring (bicyclic) bond motifs is 1. The fraction of sp³-hybridized carbons (Fsp3) is 0.333. The summed E-state index contributed by atoms with van der Waals surface area (Å²) in [4.78, 5) is 20.6. The van der Waals surface area contributed by atoms with Crippen molar-refractivity contribution in [3.05, 3.63) is 47.6 Å². The summed E-state index contributed by atoms with van der Waals surface area (Å²) >= 11 is 0. The lowest BCUT2D eigenvalue weighted by Crippen LogP contribution is -2.18. The number of cyclic esters (lactones) is 1. The smallest absolute Gasteiger partial charge is 0.342 e. The van der Waals surface area contributed by atoms with Crippen LogP contribution >= 0.6 is 0 Å². The topological polar surface area (TPSA) is 77.8 Å². The second-order valence-corrected chi connectivity index (χ2v) is 5.78. The zero-order chi connectivity index (χ0) is 18.9. The lowest BCUT2D eigenvalue weighted by molar-refractivity contribution is -0.368. The molecule has 2 rings (SSSR count). The molecule has 1 N–H and O–H groups in total. The highest BCUT2D eigenvalue weighted by atomic mass is 19.3. The van der Waals surface area contributed by atoms with Gasteiger partial charge in [0.2, 0.25) is 0 Å². The van der Waals surface area contributed by atoms with Crippen LogP contribution in [-0.4, -0.2) is 17.8 Å². The summed E-state index contributed by atoms with van der Waals surface area (Å²) in [6.45, 7) is 1.71. The van der Waals surface area contributed by atoms with Gasteiger partial charge in [0.1, 0.15) is 11.7 Å². The van der Waals surface area contributed by atoms with Crippen molar-refractivity contribution in [2.45, 2.75) is 38.7 Å². The molecule has 1 unspecified atom stereocenters. The number of nitrogens with one attached hydrogen (secondary N) is 1. The molecule has 1 aliphatic heterocycles. The third-order valence-electron chi connectivity index (χ3n) is 3.71. The number of halogens is 2. The van der Waals surface area contributed by atoms with Crippen molar-refractivity contribution in [3.63, 3.8) is 0 Å². The van der Waals surface area contributed by atoms with Gasteiger partial charge in [-0.25, -0.2) is 4.79 Å². The molecule has 1 aromatic rings. The number of rotatable bonds is 3. The number of hydrogen-bond acceptors (Lipinski definition) is 6. The highest BCUT2D eigenvalue weighted by Crippen LogP contribution is 2.31. The van der Waals surface area contributed by atoms with E-state index in [1.807, 2.05) is 18.2 Å². The van der Waals surface area contributed by atoms with E-state index in [1.165, 1.54) is 6.07 Å². The fourth-order valence-corrected chi connectivity index (χ4v) is 2.54. The van der Waals surface area contributed by atoms with Crippen LogP contribution in [0.4, 0.5) is 9.05 Å². The van der Waals surface area contributed by atoms with Gasteiger partial charge < -0.3 is 15.0 Å².